The monoisotopic (exact) mass is 436 g/mol. The fourth-order valence-electron chi connectivity index (χ4n) is 3.82. The number of methoxy groups -OCH3 is 1. The highest BCUT2D eigenvalue weighted by Gasteiger charge is 2.27. The second kappa shape index (κ2) is 9.13. The molecule has 0 N–H and O–H groups in total. The highest BCUT2D eigenvalue weighted by atomic mass is 16.5. The van der Waals surface area contributed by atoms with Crippen molar-refractivity contribution in [3.05, 3.63) is 86.8 Å². The van der Waals surface area contributed by atoms with Crippen LogP contribution in [-0.4, -0.2) is 41.7 Å². The van der Waals surface area contributed by atoms with Crippen molar-refractivity contribution in [1.29, 1.82) is 0 Å². The van der Waals surface area contributed by atoms with E-state index in [4.69, 9.17) is 13.9 Å². The Kier molecular flexibility index (Phi) is 6.11. The molecule has 1 fully saturated rings. The lowest BCUT2D eigenvalue weighted by Gasteiger charge is -2.32. The van der Waals surface area contributed by atoms with E-state index in [1.165, 1.54) is 30.0 Å². The van der Waals surface area contributed by atoms with Gasteiger partial charge in [-0.15, -0.1) is 0 Å². The lowest BCUT2D eigenvalue weighted by atomic mass is 10.1. The summed E-state index contributed by atoms with van der Waals surface area (Å²) in [6, 6.07) is 13.5. The molecule has 1 aliphatic heterocycles. The summed E-state index contributed by atoms with van der Waals surface area (Å²) in [6.45, 7) is 2.66. The molecule has 8 nitrogen and oxygen atoms in total. The largest absolute Gasteiger partial charge is 0.496 e. The molecule has 166 valence electrons. The number of hydrogen-bond donors (Lipinski definition) is 0. The van der Waals surface area contributed by atoms with Crippen LogP contribution in [0.1, 0.15) is 29.0 Å². The van der Waals surface area contributed by atoms with Gasteiger partial charge in [-0.1, -0.05) is 18.2 Å². The second-order valence-electron chi connectivity index (χ2n) is 7.63. The van der Waals surface area contributed by atoms with Gasteiger partial charge in [-0.3, -0.25) is 14.2 Å². The van der Waals surface area contributed by atoms with Crippen LogP contribution in [0.4, 0.5) is 0 Å². The van der Waals surface area contributed by atoms with E-state index in [0.29, 0.717) is 48.7 Å². The Balaban J connectivity index is 1.50. The Morgan fingerprint density at radius 2 is 1.78 bits per heavy atom. The van der Waals surface area contributed by atoms with Gasteiger partial charge in [0.2, 0.25) is 0 Å². The van der Waals surface area contributed by atoms with Crippen LogP contribution >= 0.6 is 0 Å². The molecule has 3 heterocycles. The van der Waals surface area contributed by atoms with E-state index in [-0.39, 0.29) is 23.3 Å². The number of benzene rings is 1. The van der Waals surface area contributed by atoms with Gasteiger partial charge >= 0.3 is 5.63 Å². The molecule has 8 heteroatoms. The number of aromatic nitrogens is 1. The van der Waals surface area contributed by atoms with Gasteiger partial charge in [0.15, 0.2) is 0 Å². The Morgan fingerprint density at radius 1 is 1.06 bits per heavy atom. The number of aryl methyl sites for hydroxylation is 1. The summed E-state index contributed by atoms with van der Waals surface area (Å²) < 4.78 is 17.6. The first-order valence-electron chi connectivity index (χ1n) is 10.4. The maximum atomic E-state index is 13.3. The van der Waals surface area contributed by atoms with Crippen molar-refractivity contribution in [3.63, 3.8) is 0 Å². The van der Waals surface area contributed by atoms with Gasteiger partial charge in [0, 0.05) is 49.9 Å². The lowest BCUT2D eigenvalue weighted by Crippen LogP contribution is -2.42. The van der Waals surface area contributed by atoms with E-state index in [0.717, 1.165) is 0 Å². The van der Waals surface area contributed by atoms with Crippen molar-refractivity contribution in [1.82, 2.24) is 9.47 Å². The van der Waals surface area contributed by atoms with Crippen LogP contribution < -0.4 is 20.7 Å². The standard InChI is InChI=1S/C24H24N2O6/c1-16-12-19(13-23(28)31-16)32-18-8-10-25(11-9-18)24(29)20-15-26(17-6-4-3-5-7-17)22(27)14-21(20)30-2/h3-7,12-15,18H,8-11H2,1-2H3. The molecular weight excluding hydrogens is 412 g/mol. The van der Waals surface area contributed by atoms with Crippen LogP contribution in [0, 0.1) is 6.92 Å². The zero-order valence-electron chi connectivity index (χ0n) is 17.9. The van der Waals surface area contributed by atoms with E-state index in [1.807, 2.05) is 18.2 Å². The Labute approximate surface area is 184 Å². The molecule has 0 saturated carbocycles. The first-order valence-corrected chi connectivity index (χ1v) is 10.4. The average Bonchev–Trinajstić information content (AvgIpc) is 2.79. The molecule has 0 bridgehead atoms. The van der Waals surface area contributed by atoms with E-state index in [2.05, 4.69) is 0 Å². The number of carbonyl (C=O) groups is 1. The summed E-state index contributed by atoms with van der Waals surface area (Å²) in [7, 11) is 1.44. The van der Waals surface area contributed by atoms with Gasteiger partial charge in [0.1, 0.15) is 23.4 Å². The fourth-order valence-corrected chi connectivity index (χ4v) is 3.82. The number of amides is 1. The fraction of sp³-hybridized carbons (Fsp3) is 0.292. The van der Waals surface area contributed by atoms with Gasteiger partial charge in [0.25, 0.3) is 11.5 Å². The third kappa shape index (κ3) is 4.59. The van der Waals surface area contributed by atoms with Crippen LogP contribution in [-0.2, 0) is 0 Å². The average molecular weight is 436 g/mol. The number of likely N-dealkylation sites (tertiary alicyclic amines) is 1. The number of piperidine rings is 1. The van der Waals surface area contributed by atoms with Crippen LogP contribution in [0.5, 0.6) is 11.5 Å². The maximum Gasteiger partial charge on any atom is 0.339 e. The topological polar surface area (TPSA) is 91.0 Å². The summed E-state index contributed by atoms with van der Waals surface area (Å²) in [5.74, 6) is 0.999. The van der Waals surface area contributed by atoms with E-state index in [1.54, 1.807) is 30.0 Å². The van der Waals surface area contributed by atoms with Crippen molar-refractivity contribution in [3.8, 4) is 17.2 Å². The molecule has 0 spiro atoms. The number of nitrogens with zero attached hydrogens (tertiary/aromatic N) is 2. The Hall–Kier alpha value is -3.81. The maximum absolute atomic E-state index is 13.3. The molecule has 3 aromatic rings. The Morgan fingerprint density at radius 3 is 2.44 bits per heavy atom. The molecule has 1 saturated heterocycles. The molecule has 32 heavy (non-hydrogen) atoms. The number of ether oxygens (including phenoxy) is 2. The predicted octanol–water partition coefficient (Wildman–Crippen LogP) is 2.79. The van der Waals surface area contributed by atoms with E-state index >= 15 is 0 Å². The van der Waals surface area contributed by atoms with E-state index in [9.17, 15) is 14.4 Å². The number of hydrogen-bond acceptors (Lipinski definition) is 6. The SMILES string of the molecule is COc1cc(=O)n(-c2ccccc2)cc1C(=O)N1CCC(Oc2cc(C)oc(=O)c2)CC1. The van der Waals surface area contributed by atoms with Crippen molar-refractivity contribution in [2.24, 2.45) is 0 Å². The number of para-hydroxylation sites is 1. The summed E-state index contributed by atoms with van der Waals surface area (Å²) in [5.41, 5.74) is 0.267. The zero-order chi connectivity index (χ0) is 22.7. The third-order valence-corrected chi connectivity index (χ3v) is 5.40. The lowest BCUT2D eigenvalue weighted by molar-refractivity contribution is 0.0591. The minimum Gasteiger partial charge on any atom is -0.496 e. The molecule has 1 amide bonds. The van der Waals surface area contributed by atoms with Crippen molar-refractivity contribution < 1.29 is 18.7 Å². The first kappa shape index (κ1) is 21.4. The first-order chi connectivity index (χ1) is 15.4. The van der Waals surface area contributed by atoms with Crippen LogP contribution in [0.3, 0.4) is 0 Å². The predicted molar refractivity (Wildman–Crippen MR) is 118 cm³/mol. The van der Waals surface area contributed by atoms with Crippen LogP contribution in [0.25, 0.3) is 5.69 Å². The summed E-state index contributed by atoms with van der Waals surface area (Å²) in [4.78, 5) is 39.0. The number of pyridine rings is 1. The summed E-state index contributed by atoms with van der Waals surface area (Å²) in [5, 5.41) is 0. The van der Waals surface area contributed by atoms with Gasteiger partial charge in [0.05, 0.1) is 18.7 Å². The molecule has 1 aromatic carbocycles. The molecule has 2 aromatic heterocycles. The molecule has 1 aliphatic rings. The van der Waals surface area contributed by atoms with Crippen molar-refractivity contribution in [2.75, 3.05) is 20.2 Å². The summed E-state index contributed by atoms with van der Waals surface area (Å²) >= 11 is 0. The molecule has 0 unspecified atom stereocenters. The second-order valence-corrected chi connectivity index (χ2v) is 7.63. The van der Waals surface area contributed by atoms with Gasteiger partial charge in [-0.05, 0) is 19.1 Å². The Bertz CT molecular complexity index is 1220. The van der Waals surface area contributed by atoms with Crippen molar-refractivity contribution >= 4 is 5.91 Å². The molecule has 0 aliphatic carbocycles. The highest BCUT2D eigenvalue weighted by molar-refractivity contribution is 5.96. The number of carbonyl (C=O) groups excluding carboxylic acids is 1. The van der Waals surface area contributed by atoms with Gasteiger partial charge in [-0.25, -0.2) is 4.79 Å². The number of rotatable bonds is 5. The van der Waals surface area contributed by atoms with Crippen LogP contribution in [0.2, 0.25) is 0 Å². The molecular formula is C24H24N2O6. The minimum absolute atomic E-state index is 0.111. The molecule has 0 atom stereocenters. The van der Waals surface area contributed by atoms with E-state index < -0.39 is 5.63 Å². The smallest absolute Gasteiger partial charge is 0.339 e. The normalized spacial score (nSPS) is 14.2. The molecule has 0 radical (unpaired) electrons. The quantitative estimate of drug-likeness (QED) is 0.611. The molecule has 4 rings (SSSR count). The third-order valence-electron chi connectivity index (χ3n) is 5.40. The minimum atomic E-state index is -0.451. The zero-order valence-corrected chi connectivity index (χ0v) is 17.9. The van der Waals surface area contributed by atoms with Crippen molar-refractivity contribution in [2.45, 2.75) is 25.9 Å². The summed E-state index contributed by atoms with van der Waals surface area (Å²) in [6.07, 6.45) is 2.66. The van der Waals surface area contributed by atoms with Crippen LogP contribution in [0.15, 0.2) is 68.7 Å². The highest BCUT2D eigenvalue weighted by Crippen LogP contribution is 2.23. The van der Waals surface area contributed by atoms with Gasteiger partial charge in [-0.2, -0.15) is 0 Å². The van der Waals surface area contributed by atoms with Gasteiger partial charge < -0.3 is 18.8 Å².